The molecule has 2 aromatic rings. The highest BCUT2D eigenvalue weighted by atomic mass is 32.1. The molecule has 0 aromatic carbocycles. The number of thiazole rings is 1. The van der Waals surface area contributed by atoms with Crippen LogP contribution in [0.4, 0.5) is 0 Å². The molecule has 0 saturated heterocycles. The molecule has 2 aromatic heterocycles. The summed E-state index contributed by atoms with van der Waals surface area (Å²) in [5, 5.41) is 15.0. The molecular formula is C13H16N2O2S2. The summed E-state index contributed by atoms with van der Waals surface area (Å²) in [6.07, 6.45) is 0. The lowest BCUT2D eigenvalue weighted by Gasteiger charge is -2.11. The van der Waals surface area contributed by atoms with Crippen molar-refractivity contribution >= 4 is 28.6 Å². The number of carboxylic acid groups (broad SMARTS) is 1. The van der Waals surface area contributed by atoms with Gasteiger partial charge in [-0.1, -0.05) is 0 Å². The van der Waals surface area contributed by atoms with Crippen molar-refractivity contribution in [2.45, 2.75) is 33.4 Å². The molecule has 4 nitrogen and oxygen atoms in total. The number of rotatable bonds is 5. The molecule has 1 atom stereocenters. The molecular weight excluding hydrogens is 280 g/mol. The first-order valence-electron chi connectivity index (χ1n) is 5.95. The highest BCUT2D eigenvalue weighted by Gasteiger charge is 2.13. The normalized spacial score (nSPS) is 12.6. The van der Waals surface area contributed by atoms with Crippen molar-refractivity contribution < 1.29 is 9.90 Å². The summed E-state index contributed by atoms with van der Waals surface area (Å²) in [7, 11) is 0. The van der Waals surface area contributed by atoms with Crippen molar-refractivity contribution in [2.75, 3.05) is 0 Å². The lowest BCUT2D eigenvalue weighted by atomic mass is 10.2. The zero-order valence-electron chi connectivity index (χ0n) is 11.1. The van der Waals surface area contributed by atoms with E-state index < -0.39 is 5.97 Å². The molecule has 0 saturated carbocycles. The Morgan fingerprint density at radius 1 is 1.53 bits per heavy atom. The number of nitrogens with zero attached hydrogens (tertiary/aromatic N) is 1. The maximum Gasteiger partial charge on any atom is 0.336 e. The summed E-state index contributed by atoms with van der Waals surface area (Å²) in [6, 6.07) is 1.94. The zero-order chi connectivity index (χ0) is 14.0. The van der Waals surface area contributed by atoms with Crippen molar-refractivity contribution in [3.63, 3.8) is 0 Å². The minimum absolute atomic E-state index is 0.224. The van der Waals surface area contributed by atoms with Crippen molar-refractivity contribution in [2.24, 2.45) is 0 Å². The van der Waals surface area contributed by atoms with Crippen LogP contribution < -0.4 is 5.32 Å². The van der Waals surface area contributed by atoms with E-state index in [1.54, 1.807) is 22.8 Å². The maximum absolute atomic E-state index is 10.8. The standard InChI is InChI=1S/C13H16N2O2S2/c1-7(12-8(2)15-9(3)19-12)14-5-11-4-10(6-18-11)13(16)17/h4,6-7,14H,5H2,1-3H3,(H,16,17). The Labute approximate surface area is 120 Å². The van der Waals surface area contributed by atoms with E-state index in [4.69, 9.17) is 5.11 Å². The summed E-state index contributed by atoms with van der Waals surface area (Å²) >= 11 is 3.17. The van der Waals surface area contributed by atoms with E-state index in [0.29, 0.717) is 12.1 Å². The van der Waals surface area contributed by atoms with Crippen molar-refractivity contribution in [3.8, 4) is 0 Å². The largest absolute Gasteiger partial charge is 0.478 e. The molecule has 0 spiro atoms. The van der Waals surface area contributed by atoms with Crippen LogP contribution in [-0.4, -0.2) is 16.1 Å². The summed E-state index contributed by atoms with van der Waals surface area (Å²) in [5.74, 6) is -0.871. The number of carbonyl (C=O) groups is 1. The fourth-order valence-corrected chi connectivity index (χ4v) is 3.64. The number of hydrogen-bond acceptors (Lipinski definition) is 5. The molecule has 102 valence electrons. The van der Waals surface area contributed by atoms with Gasteiger partial charge in [0.2, 0.25) is 0 Å². The smallest absolute Gasteiger partial charge is 0.336 e. The lowest BCUT2D eigenvalue weighted by molar-refractivity contribution is 0.0697. The fourth-order valence-electron chi connectivity index (χ4n) is 1.88. The van der Waals surface area contributed by atoms with Gasteiger partial charge in [0.15, 0.2) is 0 Å². The van der Waals surface area contributed by atoms with E-state index in [-0.39, 0.29) is 6.04 Å². The second-order valence-electron chi connectivity index (χ2n) is 4.39. The van der Waals surface area contributed by atoms with Gasteiger partial charge in [-0.15, -0.1) is 22.7 Å². The Hall–Kier alpha value is -1.24. The molecule has 0 amide bonds. The average molecular weight is 296 g/mol. The van der Waals surface area contributed by atoms with Gasteiger partial charge in [0, 0.05) is 27.7 Å². The van der Waals surface area contributed by atoms with Crippen molar-refractivity contribution in [3.05, 3.63) is 37.5 Å². The summed E-state index contributed by atoms with van der Waals surface area (Å²) < 4.78 is 0. The molecule has 0 radical (unpaired) electrons. The highest BCUT2D eigenvalue weighted by Crippen LogP contribution is 2.25. The third-order valence-corrected chi connectivity index (χ3v) is 5.01. The minimum atomic E-state index is -0.871. The van der Waals surface area contributed by atoms with Crippen LogP contribution in [-0.2, 0) is 6.54 Å². The van der Waals surface area contributed by atoms with Crippen molar-refractivity contribution in [1.82, 2.24) is 10.3 Å². The fraction of sp³-hybridized carbons (Fsp3) is 0.385. The minimum Gasteiger partial charge on any atom is -0.478 e. The third-order valence-electron chi connectivity index (χ3n) is 2.82. The maximum atomic E-state index is 10.8. The van der Waals surface area contributed by atoms with Gasteiger partial charge in [0.1, 0.15) is 0 Å². The second-order valence-corrected chi connectivity index (χ2v) is 6.62. The number of thiophene rings is 1. The van der Waals surface area contributed by atoms with E-state index in [1.807, 2.05) is 13.8 Å². The molecule has 1 unspecified atom stereocenters. The topological polar surface area (TPSA) is 62.2 Å². The summed E-state index contributed by atoms with van der Waals surface area (Å²) in [6.45, 7) is 6.80. The molecule has 0 aliphatic carbocycles. The van der Waals surface area contributed by atoms with Crippen LogP contribution in [0, 0.1) is 13.8 Å². The van der Waals surface area contributed by atoms with E-state index in [9.17, 15) is 4.79 Å². The van der Waals surface area contributed by atoms with Crippen LogP contribution in [0.2, 0.25) is 0 Å². The number of hydrogen-bond donors (Lipinski definition) is 2. The van der Waals surface area contributed by atoms with E-state index in [2.05, 4.69) is 17.2 Å². The van der Waals surface area contributed by atoms with Crippen molar-refractivity contribution in [1.29, 1.82) is 0 Å². The first kappa shape index (κ1) is 14.2. The molecule has 0 bridgehead atoms. The monoisotopic (exact) mass is 296 g/mol. The van der Waals surface area contributed by atoms with Gasteiger partial charge in [-0.2, -0.15) is 0 Å². The number of carboxylic acids is 1. The van der Waals surface area contributed by atoms with Crippen LogP contribution >= 0.6 is 22.7 Å². The van der Waals surface area contributed by atoms with Gasteiger partial charge in [0.05, 0.1) is 16.3 Å². The van der Waals surface area contributed by atoms with Gasteiger partial charge in [-0.25, -0.2) is 9.78 Å². The van der Waals surface area contributed by atoms with Crippen LogP contribution in [0.5, 0.6) is 0 Å². The highest BCUT2D eigenvalue weighted by molar-refractivity contribution is 7.11. The molecule has 2 rings (SSSR count). The quantitative estimate of drug-likeness (QED) is 0.888. The zero-order valence-corrected chi connectivity index (χ0v) is 12.7. The Balaban J connectivity index is 1.98. The number of aromatic nitrogens is 1. The van der Waals surface area contributed by atoms with Gasteiger partial charge in [-0.05, 0) is 26.8 Å². The van der Waals surface area contributed by atoms with Crippen LogP contribution in [0.25, 0.3) is 0 Å². The Kier molecular flexibility index (Phi) is 4.34. The van der Waals surface area contributed by atoms with E-state index in [1.165, 1.54) is 16.2 Å². The second kappa shape index (κ2) is 5.81. The molecule has 0 aliphatic heterocycles. The molecule has 0 fully saturated rings. The first-order chi connectivity index (χ1) is 8.97. The Morgan fingerprint density at radius 3 is 2.79 bits per heavy atom. The van der Waals surface area contributed by atoms with Crippen LogP contribution in [0.3, 0.4) is 0 Å². The third kappa shape index (κ3) is 3.40. The van der Waals surface area contributed by atoms with E-state index >= 15 is 0 Å². The van der Waals surface area contributed by atoms with Gasteiger partial charge < -0.3 is 10.4 Å². The van der Waals surface area contributed by atoms with Gasteiger partial charge >= 0.3 is 5.97 Å². The predicted octanol–water partition coefficient (Wildman–Crippen LogP) is 3.37. The average Bonchev–Trinajstić information content (AvgIpc) is 2.93. The molecule has 19 heavy (non-hydrogen) atoms. The summed E-state index contributed by atoms with van der Waals surface area (Å²) in [4.78, 5) is 17.5. The molecule has 6 heteroatoms. The lowest BCUT2D eigenvalue weighted by Crippen LogP contribution is -2.17. The predicted molar refractivity (Wildman–Crippen MR) is 78.1 cm³/mol. The van der Waals surface area contributed by atoms with Gasteiger partial charge in [-0.3, -0.25) is 0 Å². The number of aromatic carboxylic acids is 1. The SMILES string of the molecule is Cc1nc(C)c(C(C)NCc2cc(C(=O)O)cs2)s1. The molecule has 2 N–H and O–H groups in total. The van der Waals surface area contributed by atoms with E-state index in [0.717, 1.165) is 15.6 Å². The van der Waals surface area contributed by atoms with Gasteiger partial charge in [0.25, 0.3) is 0 Å². The number of aryl methyl sites for hydroxylation is 2. The Morgan fingerprint density at radius 2 is 2.26 bits per heavy atom. The molecule has 0 aliphatic rings. The Bertz CT molecular complexity index is 589. The van der Waals surface area contributed by atoms with Crippen LogP contribution in [0.15, 0.2) is 11.4 Å². The van der Waals surface area contributed by atoms with Crippen LogP contribution in [0.1, 0.15) is 43.8 Å². The summed E-state index contributed by atoms with van der Waals surface area (Å²) in [5.41, 5.74) is 1.43. The molecule has 2 heterocycles. The number of nitrogens with one attached hydrogen (secondary N) is 1. The first-order valence-corrected chi connectivity index (χ1v) is 7.65.